The summed E-state index contributed by atoms with van der Waals surface area (Å²) in [6.07, 6.45) is 2.29. The van der Waals surface area contributed by atoms with Gasteiger partial charge in [0.15, 0.2) is 0 Å². The molecule has 5 heteroatoms. The van der Waals surface area contributed by atoms with Crippen molar-refractivity contribution < 1.29 is 9.53 Å². The van der Waals surface area contributed by atoms with E-state index < -0.39 is 0 Å². The Balaban J connectivity index is 0.00000192. The van der Waals surface area contributed by atoms with E-state index in [1.807, 2.05) is 24.3 Å². The molecule has 2 aromatic rings. The lowest BCUT2D eigenvalue weighted by molar-refractivity contribution is 0.0931. The molecule has 3 rings (SSSR count). The Morgan fingerprint density at radius 1 is 1.22 bits per heavy atom. The summed E-state index contributed by atoms with van der Waals surface area (Å²) in [6.45, 7) is 0. The number of nitrogens with two attached hydrogens (primary N) is 1. The van der Waals surface area contributed by atoms with Crippen molar-refractivity contribution in [1.82, 2.24) is 5.32 Å². The molecule has 0 heterocycles. The van der Waals surface area contributed by atoms with Crippen LogP contribution in [0.15, 0.2) is 48.5 Å². The molecule has 1 unspecified atom stereocenters. The molecule has 1 aliphatic rings. The Bertz CT molecular complexity index is 669. The molecule has 3 N–H and O–H groups in total. The Morgan fingerprint density at radius 2 is 1.91 bits per heavy atom. The van der Waals surface area contributed by atoms with E-state index in [0.29, 0.717) is 17.2 Å². The van der Waals surface area contributed by atoms with Crippen LogP contribution in [0.1, 0.15) is 34.8 Å². The second kappa shape index (κ2) is 7.38. The van der Waals surface area contributed by atoms with E-state index in [9.17, 15) is 4.79 Å². The highest BCUT2D eigenvalue weighted by Crippen LogP contribution is 2.41. The normalized spacial score (nSPS) is 14.5. The third-order valence-electron chi connectivity index (χ3n) is 4.00. The highest BCUT2D eigenvalue weighted by Gasteiger charge is 2.33. The Labute approximate surface area is 142 Å². The topological polar surface area (TPSA) is 64.3 Å². The van der Waals surface area contributed by atoms with E-state index in [1.54, 1.807) is 31.4 Å². The summed E-state index contributed by atoms with van der Waals surface area (Å²) in [4.78, 5) is 12.4. The lowest BCUT2D eigenvalue weighted by Crippen LogP contribution is -2.29. The summed E-state index contributed by atoms with van der Waals surface area (Å²) >= 11 is 0. The van der Waals surface area contributed by atoms with Gasteiger partial charge in [0.2, 0.25) is 0 Å². The van der Waals surface area contributed by atoms with Crippen molar-refractivity contribution in [3.05, 3.63) is 59.7 Å². The van der Waals surface area contributed by atoms with Gasteiger partial charge < -0.3 is 15.8 Å². The molecule has 0 spiro atoms. The van der Waals surface area contributed by atoms with Gasteiger partial charge in [0.1, 0.15) is 5.75 Å². The third kappa shape index (κ3) is 4.17. The zero-order valence-corrected chi connectivity index (χ0v) is 13.8. The molecular formula is C18H21ClN2O2. The van der Waals surface area contributed by atoms with Crippen molar-refractivity contribution in [2.75, 3.05) is 12.8 Å². The Kier molecular flexibility index (Phi) is 5.50. The fraction of sp³-hybridized carbons (Fsp3) is 0.278. The fourth-order valence-corrected chi connectivity index (χ4v) is 2.62. The minimum Gasteiger partial charge on any atom is -0.497 e. The van der Waals surface area contributed by atoms with Crippen molar-refractivity contribution in [2.45, 2.75) is 18.9 Å². The smallest absolute Gasteiger partial charge is 0.251 e. The van der Waals surface area contributed by atoms with Gasteiger partial charge >= 0.3 is 0 Å². The number of anilines is 1. The summed E-state index contributed by atoms with van der Waals surface area (Å²) < 4.78 is 5.19. The monoisotopic (exact) mass is 332 g/mol. The number of methoxy groups -OCH3 is 1. The van der Waals surface area contributed by atoms with Crippen LogP contribution < -0.4 is 15.8 Å². The van der Waals surface area contributed by atoms with E-state index in [-0.39, 0.29) is 24.4 Å². The largest absolute Gasteiger partial charge is 0.497 e. The predicted molar refractivity (Wildman–Crippen MR) is 94.0 cm³/mol. The number of ether oxygens (including phenoxy) is 1. The quantitative estimate of drug-likeness (QED) is 0.822. The van der Waals surface area contributed by atoms with Crippen LogP contribution in [0.5, 0.6) is 5.75 Å². The number of carbonyl (C=O) groups excluding carboxylic acids is 1. The Hall–Kier alpha value is -2.20. The number of carbonyl (C=O) groups is 1. The third-order valence-corrected chi connectivity index (χ3v) is 4.00. The molecule has 0 saturated heterocycles. The van der Waals surface area contributed by atoms with Crippen LogP contribution in [0.3, 0.4) is 0 Å². The summed E-state index contributed by atoms with van der Waals surface area (Å²) in [5, 5.41) is 3.14. The molecule has 1 fully saturated rings. The number of halogens is 1. The van der Waals surface area contributed by atoms with E-state index in [0.717, 1.165) is 24.2 Å². The second-order valence-corrected chi connectivity index (χ2v) is 5.69. The summed E-state index contributed by atoms with van der Waals surface area (Å²) in [7, 11) is 1.65. The van der Waals surface area contributed by atoms with Crippen molar-refractivity contribution in [1.29, 1.82) is 0 Å². The number of nitrogens with one attached hydrogen (secondary N) is 1. The van der Waals surface area contributed by atoms with Gasteiger partial charge in [0.25, 0.3) is 5.91 Å². The molecular weight excluding hydrogens is 312 g/mol. The molecule has 0 aromatic heterocycles. The van der Waals surface area contributed by atoms with E-state index in [4.69, 9.17) is 10.5 Å². The predicted octanol–water partition coefficient (Wildman–Crippen LogP) is 3.58. The molecule has 23 heavy (non-hydrogen) atoms. The van der Waals surface area contributed by atoms with Crippen LogP contribution in [-0.2, 0) is 0 Å². The average molecular weight is 333 g/mol. The van der Waals surface area contributed by atoms with Crippen molar-refractivity contribution in [2.24, 2.45) is 5.92 Å². The van der Waals surface area contributed by atoms with E-state index in [1.165, 1.54) is 0 Å². The summed E-state index contributed by atoms with van der Waals surface area (Å²) in [6, 6.07) is 15.0. The molecule has 122 valence electrons. The lowest BCUT2D eigenvalue weighted by Gasteiger charge is -2.19. The second-order valence-electron chi connectivity index (χ2n) is 5.69. The van der Waals surface area contributed by atoms with Gasteiger partial charge in [-0.1, -0.05) is 18.2 Å². The minimum absolute atomic E-state index is 0. The molecule has 0 aliphatic heterocycles. The Morgan fingerprint density at radius 3 is 2.48 bits per heavy atom. The van der Waals surface area contributed by atoms with Gasteiger partial charge in [-0.3, -0.25) is 4.79 Å². The number of hydrogen-bond acceptors (Lipinski definition) is 3. The summed E-state index contributed by atoms with van der Waals surface area (Å²) in [5.41, 5.74) is 8.05. The van der Waals surface area contributed by atoms with Crippen LogP contribution in [0.25, 0.3) is 0 Å². The van der Waals surface area contributed by atoms with Crippen LogP contribution in [0, 0.1) is 5.92 Å². The molecule has 1 aliphatic carbocycles. The van der Waals surface area contributed by atoms with Crippen LogP contribution in [0.4, 0.5) is 5.69 Å². The summed E-state index contributed by atoms with van der Waals surface area (Å²) in [5.74, 6) is 1.25. The maximum atomic E-state index is 12.4. The average Bonchev–Trinajstić information content (AvgIpc) is 3.37. The number of nitrogen functional groups attached to an aromatic ring is 1. The SMILES string of the molecule is COc1ccc(C(NC(=O)c2cccc(N)c2)C2CC2)cc1.Cl. The highest BCUT2D eigenvalue weighted by atomic mass is 35.5. The van der Waals surface area contributed by atoms with Crippen molar-refractivity contribution in [3.8, 4) is 5.75 Å². The molecule has 1 amide bonds. The maximum Gasteiger partial charge on any atom is 0.251 e. The first-order valence-electron chi connectivity index (χ1n) is 7.48. The molecule has 0 bridgehead atoms. The first-order chi connectivity index (χ1) is 10.7. The minimum atomic E-state index is -0.0833. The van der Waals surface area contributed by atoms with Crippen LogP contribution in [0.2, 0.25) is 0 Å². The van der Waals surface area contributed by atoms with Gasteiger partial charge in [0, 0.05) is 11.3 Å². The lowest BCUT2D eigenvalue weighted by atomic mass is 10.0. The molecule has 1 saturated carbocycles. The molecule has 4 nitrogen and oxygen atoms in total. The molecule has 2 aromatic carbocycles. The van der Waals surface area contributed by atoms with Gasteiger partial charge in [0.05, 0.1) is 13.2 Å². The zero-order chi connectivity index (χ0) is 15.5. The van der Waals surface area contributed by atoms with Gasteiger partial charge in [-0.15, -0.1) is 12.4 Å². The van der Waals surface area contributed by atoms with Gasteiger partial charge in [-0.25, -0.2) is 0 Å². The standard InChI is InChI=1S/C18H20N2O2.ClH/c1-22-16-9-7-13(8-10-16)17(12-5-6-12)20-18(21)14-3-2-4-15(19)11-14;/h2-4,7-12,17H,5-6,19H2,1H3,(H,20,21);1H. The maximum absolute atomic E-state index is 12.4. The van der Waals surface area contributed by atoms with Crippen molar-refractivity contribution in [3.63, 3.8) is 0 Å². The zero-order valence-electron chi connectivity index (χ0n) is 13.0. The van der Waals surface area contributed by atoms with Gasteiger partial charge in [-0.2, -0.15) is 0 Å². The first kappa shape index (κ1) is 17.2. The van der Waals surface area contributed by atoms with Crippen molar-refractivity contribution >= 4 is 24.0 Å². The van der Waals surface area contributed by atoms with Gasteiger partial charge in [-0.05, 0) is 54.7 Å². The first-order valence-corrected chi connectivity index (χ1v) is 7.48. The number of amides is 1. The van der Waals surface area contributed by atoms with Crippen LogP contribution >= 0.6 is 12.4 Å². The fourth-order valence-electron chi connectivity index (χ4n) is 2.62. The molecule has 1 atom stereocenters. The number of hydrogen-bond donors (Lipinski definition) is 2. The molecule has 0 radical (unpaired) electrons. The highest BCUT2D eigenvalue weighted by molar-refractivity contribution is 5.95. The van der Waals surface area contributed by atoms with E-state index >= 15 is 0 Å². The van der Waals surface area contributed by atoms with E-state index in [2.05, 4.69) is 5.32 Å². The van der Waals surface area contributed by atoms with Crippen LogP contribution in [-0.4, -0.2) is 13.0 Å². The number of rotatable bonds is 5. The number of benzene rings is 2.